The molecule has 0 N–H and O–H groups in total. The van der Waals surface area contributed by atoms with Crippen molar-refractivity contribution in [3.05, 3.63) is 34.9 Å². The molecule has 0 radical (unpaired) electrons. The summed E-state index contributed by atoms with van der Waals surface area (Å²) < 4.78 is 46.0. The van der Waals surface area contributed by atoms with E-state index in [9.17, 15) is 16.8 Å². The van der Waals surface area contributed by atoms with Gasteiger partial charge in [0.25, 0.3) is 0 Å². The Bertz CT molecular complexity index is 688. The molecule has 1 aromatic carbocycles. The molecule has 4 nitrogen and oxygen atoms in total. The number of benzene rings is 1. The maximum Gasteiger partial charge on any atom is 0.154 e. The van der Waals surface area contributed by atoms with Crippen LogP contribution in [0.1, 0.15) is 29.5 Å². The molecule has 1 aliphatic carbocycles. The SMILES string of the molecule is CS(=O)(=O)CCCS(=O)(=O)Cc1ccc2c(c1)CCC2. The summed E-state index contributed by atoms with van der Waals surface area (Å²) in [6.45, 7) is 0. The molecule has 6 heteroatoms. The number of fused-ring (bicyclic) bond motifs is 1. The third kappa shape index (κ3) is 4.59. The van der Waals surface area contributed by atoms with Gasteiger partial charge in [-0.1, -0.05) is 18.2 Å². The fourth-order valence-electron chi connectivity index (χ4n) is 2.58. The highest BCUT2D eigenvalue weighted by atomic mass is 32.2. The molecule has 1 aromatic rings. The van der Waals surface area contributed by atoms with Gasteiger partial charge >= 0.3 is 0 Å². The highest BCUT2D eigenvalue weighted by molar-refractivity contribution is 7.91. The molecule has 0 bridgehead atoms. The number of hydrogen-bond donors (Lipinski definition) is 0. The van der Waals surface area contributed by atoms with Crippen LogP contribution in [0.3, 0.4) is 0 Å². The minimum atomic E-state index is -3.24. The minimum absolute atomic E-state index is 0.00401. The molecule has 0 amide bonds. The Morgan fingerprint density at radius 3 is 2.40 bits per heavy atom. The molecule has 0 spiro atoms. The quantitative estimate of drug-likeness (QED) is 0.798. The zero-order chi connectivity index (χ0) is 14.8. The van der Waals surface area contributed by atoms with Gasteiger partial charge in [-0.15, -0.1) is 0 Å². The molecule has 0 saturated heterocycles. The molecule has 0 unspecified atom stereocenters. The predicted octanol–water partition coefficient (Wildman–Crippen LogP) is 1.52. The van der Waals surface area contributed by atoms with Crippen LogP contribution in [0.25, 0.3) is 0 Å². The van der Waals surface area contributed by atoms with Crippen molar-refractivity contribution in [2.45, 2.75) is 31.4 Å². The van der Waals surface area contributed by atoms with Gasteiger partial charge in [0.2, 0.25) is 0 Å². The van der Waals surface area contributed by atoms with Crippen molar-refractivity contribution in [1.29, 1.82) is 0 Å². The van der Waals surface area contributed by atoms with Crippen molar-refractivity contribution in [3.63, 3.8) is 0 Å². The van der Waals surface area contributed by atoms with Crippen molar-refractivity contribution in [2.24, 2.45) is 0 Å². The summed E-state index contributed by atoms with van der Waals surface area (Å²) in [4.78, 5) is 0. The highest BCUT2D eigenvalue weighted by Gasteiger charge is 2.16. The van der Waals surface area contributed by atoms with Crippen LogP contribution in [0.5, 0.6) is 0 Å². The third-order valence-corrected chi connectivity index (χ3v) is 6.23. The van der Waals surface area contributed by atoms with Gasteiger partial charge in [-0.2, -0.15) is 0 Å². The Balaban J connectivity index is 1.98. The van der Waals surface area contributed by atoms with Crippen LogP contribution in [-0.2, 0) is 38.3 Å². The first-order chi connectivity index (χ1) is 9.25. The lowest BCUT2D eigenvalue weighted by atomic mass is 10.1. The largest absolute Gasteiger partial charge is 0.229 e. The molecule has 112 valence electrons. The lowest BCUT2D eigenvalue weighted by Gasteiger charge is -2.06. The van der Waals surface area contributed by atoms with Gasteiger partial charge in [-0.05, 0) is 42.4 Å². The number of sulfone groups is 2. The summed E-state index contributed by atoms with van der Waals surface area (Å²) in [5, 5.41) is 0. The van der Waals surface area contributed by atoms with E-state index in [1.807, 2.05) is 18.2 Å². The fourth-order valence-corrected chi connectivity index (χ4v) is 4.85. The summed E-state index contributed by atoms with van der Waals surface area (Å²) >= 11 is 0. The Kier molecular flexibility index (Phi) is 4.54. The molecular formula is C14H20O4S2. The Morgan fingerprint density at radius 2 is 1.70 bits per heavy atom. The van der Waals surface area contributed by atoms with Gasteiger partial charge in [0.15, 0.2) is 9.84 Å². The van der Waals surface area contributed by atoms with E-state index >= 15 is 0 Å². The zero-order valence-electron chi connectivity index (χ0n) is 11.6. The zero-order valence-corrected chi connectivity index (χ0v) is 13.3. The van der Waals surface area contributed by atoms with Crippen molar-refractivity contribution in [3.8, 4) is 0 Å². The molecule has 0 saturated carbocycles. The van der Waals surface area contributed by atoms with E-state index in [0.717, 1.165) is 31.1 Å². The van der Waals surface area contributed by atoms with Crippen LogP contribution in [0.15, 0.2) is 18.2 Å². The Labute approximate surface area is 121 Å². The molecule has 0 aromatic heterocycles. The lowest BCUT2D eigenvalue weighted by Crippen LogP contribution is -2.13. The second-order valence-electron chi connectivity index (χ2n) is 5.53. The summed E-state index contributed by atoms with van der Waals surface area (Å²) in [7, 11) is -6.33. The van der Waals surface area contributed by atoms with Gasteiger partial charge in [0.1, 0.15) is 9.84 Å². The van der Waals surface area contributed by atoms with E-state index < -0.39 is 19.7 Å². The predicted molar refractivity (Wildman–Crippen MR) is 80.3 cm³/mol. The number of hydrogen-bond acceptors (Lipinski definition) is 4. The van der Waals surface area contributed by atoms with E-state index in [4.69, 9.17) is 0 Å². The van der Waals surface area contributed by atoms with E-state index in [-0.39, 0.29) is 23.7 Å². The van der Waals surface area contributed by atoms with Crippen molar-refractivity contribution >= 4 is 19.7 Å². The first-order valence-corrected chi connectivity index (χ1v) is 10.6. The van der Waals surface area contributed by atoms with E-state index in [1.54, 1.807) is 0 Å². The van der Waals surface area contributed by atoms with Crippen LogP contribution in [-0.4, -0.2) is 34.6 Å². The molecule has 2 rings (SSSR count). The fraction of sp³-hybridized carbons (Fsp3) is 0.571. The molecular weight excluding hydrogens is 296 g/mol. The molecule has 20 heavy (non-hydrogen) atoms. The first kappa shape index (κ1) is 15.5. The molecule has 0 fully saturated rings. The second kappa shape index (κ2) is 5.85. The van der Waals surface area contributed by atoms with Crippen molar-refractivity contribution in [1.82, 2.24) is 0 Å². The van der Waals surface area contributed by atoms with Gasteiger partial charge in [-0.25, -0.2) is 16.8 Å². The van der Waals surface area contributed by atoms with Crippen molar-refractivity contribution in [2.75, 3.05) is 17.8 Å². The van der Waals surface area contributed by atoms with Crippen LogP contribution in [0.4, 0.5) is 0 Å². The lowest BCUT2D eigenvalue weighted by molar-refractivity contribution is 0.591. The van der Waals surface area contributed by atoms with E-state index in [1.165, 1.54) is 11.1 Å². The van der Waals surface area contributed by atoms with Gasteiger partial charge in [0.05, 0.1) is 17.3 Å². The highest BCUT2D eigenvalue weighted by Crippen LogP contribution is 2.23. The standard InChI is InChI=1S/C14H20O4S2/c1-19(15,16)8-3-9-20(17,18)11-12-6-7-13-4-2-5-14(13)10-12/h6-7,10H,2-5,8-9,11H2,1H3. The maximum atomic E-state index is 12.0. The van der Waals surface area contributed by atoms with Crippen LogP contribution in [0, 0.1) is 0 Å². The summed E-state index contributed by atoms with van der Waals surface area (Å²) in [6, 6.07) is 5.87. The average Bonchev–Trinajstić information content (AvgIpc) is 2.73. The monoisotopic (exact) mass is 316 g/mol. The van der Waals surface area contributed by atoms with Crippen LogP contribution >= 0.6 is 0 Å². The average molecular weight is 316 g/mol. The number of aryl methyl sites for hydroxylation is 2. The normalized spacial score (nSPS) is 15.2. The van der Waals surface area contributed by atoms with Gasteiger partial charge in [-0.3, -0.25) is 0 Å². The third-order valence-electron chi connectivity index (χ3n) is 3.52. The second-order valence-corrected chi connectivity index (χ2v) is 9.98. The Hall–Kier alpha value is -0.880. The molecule has 0 aliphatic heterocycles. The van der Waals surface area contributed by atoms with E-state index in [2.05, 4.69) is 0 Å². The van der Waals surface area contributed by atoms with E-state index in [0.29, 0.717) is 0 Å². The smallest absolute Gasteiger partial charge is 0.154 e. The maximum absolute atomic E-state index is 12.0. The Morgan fingerprint density at radius 1 is 1.00 bits per heavy atom. The molecule has 0 atom stereocenters. The molecule has 0 heterocycles. The number of rotatable bonds is 6. The van der Waals surface area contributed by atoms with Crippen LogP contribution in [0.2, 0.25) is 0 Å². The van der Waals surface area contributed by atoms with Gasteiger partial charge < -0.3 is 0 Å². The van der Waals surface area contributed by atoms with Gasteiger partial charge in [0, 0.05) is 6.26 Å². The molecule has 1 aliphatic rings. The summed E-state index contributed by atoms with van der Waals surface area (Å²) in [5.74, 6) is -0.141. The van der Waals surface area contributed by atoms with Crippen LogP contribution < -0.4 is 0 Å². The first-order valence-electron chi connectivity index (χ1n) is 6.74. The summed E-state index contributed by atoms with van der Waals surface area (Å²) in [6.07, 6.45) is 4.54. The summed E-state index contributed by atoms with van der Waals surface area (Å²) in [5.41, 5.74) is 3.39. The van der Waals surface area contributed by atoms with Crippen molar-refractivity contribution < 1.29 is 16.8 Å². The minimum Gasteiger partial charge on any atom is -0.229 e. The topological polar surface area (TPSA) is 68.3 Å².